The van der Waals surface area contributed by atoms with Gasteiger partial charge in [0.25, 0.3) is 5.91 Å². The first-order chi connectivity index (χ1) is 6.34. The van der Waals surface area contributed by atoms with Crippen molar-refractivity contribution < 1.29 is 13.2 Å². The fourth-order valence-corrected chi connectivity index (χ4v) is 2.31. The van der Waals surface area contributed by atoms with Crippen molar-refractivity contribution in [2.24, 2.45) is 11.7 Å². The lowest BCUT2D eigenvalue weighted by Gasteiger charge is -2.14. The Morgan fingerprint density at radius 1 is 1.43 bits per heavy atom. The highest BCUT2D eigenvalue weighted by atomic mass is 32.2. The lowest BCUT2D eigenvalue weighted by molar-refractivity contribution is -0.121. The van der Waals surface area contributed by atoms with Gasteiger partial charge in [0.15, 0.2) is 0 Å². The van der Waals surface area contributed by atoms with Crippen LogP contribution in [-0.4, -0.2) is 25.6 Å². The Morgan fingerprint density at radius 3 is 2.29 bits per heavy atom. The molecular weight excluding hydrogens is 204 g/mol. The second-order valence-electron chi connectivity index (χ2n) is 3.98. The fourth-order valence-electron chi connectivity index (χ4n) is 0.973. The molecule has 1 aliphatic rings. The van der Waals surface area contributed by atoms with E-state index in [1.54, 1.807) is 13.8 Å². The van der Waals surface area contributed by atoms with Crippen molar-refractivity contribution in [3.63, 3.8) is 0 Å². The third kappa shape index (κ3) is 2.68. The summed E-state index contributed by atoms with van der Waals surface area (Å²) in [6, 6.07) is -0.761. The van der Waals surface area contributed by atoms with Crippen molar-refractivity contribution in [2.75, 3.05) is 0 Å². The second-order valence-corrected chi connectivity index (χ2v) is 5.94. The maximum Gasteiger partial charge on any atom is 0.250 e. The van der Waals surface area contributed by atoms with Gasteiger partial charge in [-0.15, -0.1) is 0 Å². The van der Waals surface area contributed by atoms with Gasteiger partial charge >= 0.3 is 0 Å². The van der Waals surface area contributed by atoms with Gasteiger partial charge in [0.1, 0.15) is 0 Å². The van der Waals surface area contributed by atoms with Gasteiger partial charge in [0.2, 0.25) is 10.0 Å². The first-order valence-corrected chi connectivity index (χ1v) is 6.20. The van der Waals surface area contributed by atoms with E-state index in [1.165, 1.54) is 0 Å². The number of amides is 1. The zero-order chi connectivity index (χ0) is 10.9. The largest absolute Gasteiger partial charge is 0.320 e. The molecule has 6 heteroatoms. The van der Waals surface area contributed by atoms with Crippen molar-refractivity contribution in [1.82, 2.24) is 4.72 Å². The Kier molecular flexibility index (Phi) is 3.16. The number of rotatable bonds is 4. The minimum atomic E-state index is -3.44. The summed E-state index contributed by atoms with van der Waals surface area (Å²) in [6.45, 7) is 3.54. The predicted octanol–water partition coefficient (Wildman–Crippen LogP) is -0.422. The molecule has 1 aliphatic carbocycles. The molecule has 82 valence electrons. The average Bonchev–Trinajstić information content (AvgIpc) is 2.83. The summed E-state index contributed by atoms with van der Waals surface area (Å²) in [5.74, 6) is -0.670. The van der Waals surface area contributed by atoms with Crippen LogP contribution in [0.3, 0.4) is 0 Å². The molecule has 0 aromatic rings. The molecule has 1 saturated carbocycles. The summed E-state index contributed by atoms with van der Waals surface area (Å²) in [6.07, 6.45) is 1.28. The van der Waals surface area contributed by atoms with Crippen molar-refractivity contribution in [3.8, 4) is 0 Å². The third-order valence-electron chi connectivity index (χ3n) is 2.23. The molecule has 0 spiro atoms. The summed E-state index contributed by atoms with van der Waals surface area (Å²) in [7, 11) is -3.44. The van der Waals surface area contributed by atoms with Crippen LogP contribution in [0.25, 0.3) is 0 Å². The summed E-state index contributed by atoms with van der Waals surface area (Å²) in [5, 5.41) is -0.384. The maximum absolute atomic E-state index is 11.3. The number of carbonyl (C=O) groups excluding carboxylic acids is 1. The SMILES string of the molecule is CC(C)[C@@H](N)C(=O)NS(=O)(=O)C1CC1. The van der Waals surface area contributed by atoms with Crippen LogP contribution < -0.4 is 10.5 Å². The molecule has 3 N–H and O–H groups in total. The van der Waals surface area contributed by atoms with Crippen LogP contribution in [-0.2, 0) is 14.8 Å². The van der Waals surface area contributed by atoms with Gasteiger partial charge in [-0.05, 0) is 18.8 Å². The fraction of sp³-hybridized carbons (Fsp3) is 0.875. The molecule has 0 aromatic carbocycles. The van der Waals surface area contributed by atoms with Crippen molar-refractivity contribution in [1.29, 1.82) is 0 Å². The molecule has 0 aromatic heterocycles. The highest BCUT2D eigenvalue weighted by molar-refractivity contribution is 7.90. The molecule has 0 bridgehead atoms. The van der Waals surface area contributed by atoms with E-state index < -0.39 is 22.0 Å². The summed E-state index contributed by atoms with van der Waals surface area (Å²) in [4.78, 5) is 11.3. The zero-order valence-electron chi connectivity index (χ0n) is 8.36. The van der Waals surface area contributed by atoms with Gasteiger partial charge in [0.05, 0.1) is 11.3 Å². The van der Waals surface area contributed by atoms with E-state index in [-0.39, 0.29) is 11.2 Å². The van der Waals surface area contributed by atoms with Crippen LogP contribution in [0.4, 0.5) is 0 Å². The van der Waals surface area contributed by atoms with E-state index in [1.807, 2.05) is 4.72 Å². The number of carbonyl (C=O) groups is 1. The van der Waals surface area contributed by atoms with Gasteiger partial charge < -0.3 is 5.73 Å². The van der Waals surface area contributed by atoms with E-state index in [0.717, 1.165) is 0 Å². The van der Waals surface area contributed by atoms with Crippen molar-refractivity contribution in [2.45, 2.75) is 38.0 Å². The van der Waals surface area contributed by atoms with Gasteiger partial charge in [-0.1, -0.05) is 13.8 Å². The topological polar surface area (TPSA) is 89.3 Å². The van der Waals surface area contributed by atoms with Gasteiger partial charge in [-0.3, -0.25) is 9.52 Å². The molecule has 0 unspecified atom stereocenters. The van der Waals surface area contributed by atoms with Crippen LogP contribution >= 0.6 is 0 Å². The Bertz CT molecular complexity index is 319. The average molecular weight is 220 g/mol. The summed E-state index contributed by atoms with van der Waals surface area (Å²) in [5.41, 5.74) is 5.51. The highest BCUT2D eigenvalue weighted by Gasteiger charge is 2.37. The number of hydrogen-bond donors (Lipinski definition) is 2. The first-order valence-electron chi connectivity index (χ1n) is 4.65. The van der Waals surface area contributed by atoms with Crippen molar-refractivity contribution in [3.05, 3.63) is 0 Å². The number of sulfonamides is 1. The van der Waals surface area contributed by atoms with E-state index >= 15 is 0 Å². The third-order valence-corrected chi connectivity index (χ3v) is 4.06. The normalized spacial score (nSPS) is 19.4. The zero-order valence-corrected chi connectivity index (χ0v) is 9.17. The Labute approximate surface area is 84.1 Å². The maximum atomic E-state index is 11.3. The molecule has 14 heavy (non-hydrogen) atoms. The number of nitrogens with one attached hydrogen (secondary N) is 1. The quantitative estimate of drug-likeness (QED) is 0.673. The van der Waals surface area contributed by atoms with Crippen LogP contribution in [0.5, 0.6) is 0 Å². The predicted molar refractivity (Wildman–Crippen MR) is 52.9 cm³/mol. The van der Waals surface area contributed by atoms with Crippen LogP contribution in [0.15, 0.2) is 0 Å². The Balaban J connectivity index is 2.56. The molecule has 1 amide bonds. The molecule has 5 nitrogen and oxygen atoms in total. The molecule has 0 saturated heterocycles. The van der Waals surface area contributed by atoms with Crippen LogP contribution in [0.2, 0.25) is 0 Å². The number of nitrogens with two attached hydrogens (primary N) is 1. The van der Waals surface area contributed by atoms with Crippen LogP contribution in [0.1, 0.15) is 26.7 Å². The first kappa shape index (κ1) is 11.5. The molecule has 0 radical (unpaired) electrons. The lowest BCUT2D eigenvalue weighted by atomic mass is 10.1. The van der Waals surface area contributed by atoms with E-state index in [0.29, 0.717) is 12.8 Å². The Morgan fingerprint density at radius 2 is 1.93 bits per heavy atom. The smallest absolute Gasteiger partial charge is 0.250 e. The molecule has 1 fully saturated rings. The standard InChI is InChI=1S/C8H16N2O3S/c1-5(2)7(9)8(11)10-14(12,13)6-3-4-6/h5-7H,3-4,9H2,1-2H3,(H,10,11)/t7-/m1/s1. The van der Waals surface area contributed by atoms with E-state index in [9.17, 15) is 13.2 Å². The van der Waals surface area contributed by atoms with Gasteiger partial charge in [-0.25, -0.2) is 8.42 Å². The second kappa shape index (κ2) is 3.86. The lowest BCUT2D eigenvalue weighted by Crippen LogP contribution is -2.47. The van der Waals surface area contributed by atoms with Crippen LogP contribution in [0, 0.1) is 5.92 Å². The summed E-state index contributed by atoms with van der Waals surface area (Å²) >= 11 is 0. The molecule has 1 atom stereocenters. The van der Waals surface area contributed by atoms with E-state index in [2.05, 4.69) is 0 Å². The minimum absolute atomic E-state index is 0.0654. The van der Waals surface area contributed by atoms with E-state index in [4.69, 9.17) is 5.73 Å². The minimum Gasteiger partial charge on any atom is -0.320 e. The monoisotopic (exact) mass is 220 g/mol. The van der Waals surface area contributed by atoms with Gasteiger partial charge in [-0.2, -0.15) is 0 Å². The molecule has 1 rings (SSSR count). The van der Waals surface area contributed by atoms with Crippen molar-refractivity contribution >= 4 is 15.9 Å². The molecular formula is C8H16N2O3S. The highest BCUT2D eigenvalue weighted by Crippen LogP contribution is 2.27. The summed E-state index contributed by atoms with van der Waals surface area (Å²) < 4.78 is 24.7. The Hall–Kier alpha value is -0.620. The van der Waals surface area contributed by atoms with Gasteiger partial charge in [0, 0.05) is 0 Å². The molecule has 0 aliphatic heterocycles. The molecule has 0 heterocycles. The number of hydrogen-bond acceptors (Lipinski definition) is 4.